The topological polar surface area (TPSA) is 74.2 Å². The molecular formula is C16H19N3O2. The molecule has 0 spiro atoms. The van der Waals surface area contributed by atoms with Crippen LogP contribution in [0.25, 0.3) is 10.9 Å². The highest BCUT2D eigenvalue weighted by molar-refractivity contribution is 5.84. The lowest BCUT2D eigenvalue weighted by Gasteiger charge is -2.11. The number of hydrogen-bond donors (Lipinski definition) is 3. The van der Waals surface area contributed by atoms with Crippen LogP contribution in [0.3, 0.4) is 0 Å². The number of pyridine rings is 1. The summed E-state index contributed by atoms with van der Waals surface area (Å²) in [4.78, 5) is 16.2. The van der Waals surface area contributed by atoms with Gasteiger partial charge in [0.05, 0.1) is 18.7 Å². The summed E-state index contributed by atoms with van der Waals surface area (Å²) in [5.74, 6) is 1.19. The molecule has 0 saturated heterocycles. The van der Waals surface area contributed by atoms with Crippen LogP contribution in [0.1, 0.15) is 18.4 Å². The zero-order chi connectivity index (χ0) is 14.7. The fourth-order valence-electron chi connectivity index (χ4n) is 2.24. The van der Waals surface area contributed by atoms with E-state index in [9.17, 15) is 9.90 Å². The highest BCUT2D eigenvalue weighted by Crippen LogP contribution is 2.27. The molecule has 110 valence electrons. The van der Waals surface area contributed by atoms with E-state index >= 15 is 0 Å². The molecule has 0 bridgehead atoms. The molecule has 0 radical (unpaired) electrons. The summed E-state index contributed by atoms with van der Waals surface area (Å²) in [6.45, 7) is 0.827. The number of aliphatic hydroxyl groups is 1. The molecule has 0 aliphatic heterocycles. The number of carbonyl (C=O) groups excluding carboxylic acids is 1. The van der Waals surface area contributed by atoms with E-state index in [1.54, 1.807) is 0 Å². The standard InChI is InChI=1S/C16H19N3O2/c20-10-13-7-12-3-1-2-4-14(12)19-16(13)18-9-15(21)17-8-11-5-6-11/h1-4,7,11,20H,5-6,8-10H2,(H,17,21)(H,18,19). The third-order valence-corrected chi connectivity index (χ3v) is 3.67. The van der Waals surface area contributed by atoms with Crippen LogP contribution in [-0.2, 0) is 11.4 Å². The monoisotopic (exact) mass is 285 g/mol. The normalized spacial score (nSPS) is 14.1. The lowest BCUT2D eigenvalue weighted by atomic mass is 10.1. The number of para-hydroxylation sites is 1. The number of nitrogens with zero attached hydrogens (tertiary/aromatic N) is 1. The number of anilines is 1. The fraction of sp³-hybridized carbons (Fsp3) is 0.375. The minimum absolute atomic E-state index is 0.0410. The van der Waals surface area contributed by atoms with E-state index in [2.05, 4.69) is 15.6 Å². The van der Waals surface area contributed by atoms with Crippen molar-refractivity contribution in [2.24, 2.45) is 5.92 Å². The van der Waals surface area contributed by atoms with Crippen molar-refractivity contribution in [2.75, 3.05) is 18.4 Å². The summed E-state index contributed by atoms with van der Waals surface area (Å²) >= 11 is 0. The maximum absolute atomic E-state index is 11.7. The number of benzene rings is 1. The van der Waals surface area contributed by atoms with Crippen LogP contribution in [0.4, 0.5) is 5.82 Å². The number of aliphatic hydroxyl groups excluding tert-OH is 1. The van der Waals surface area contributed by atoms with Gasteiger partial charge in [0.1, 0.15) is 5.82 Å². The molecule has 5 nitrogen and oxygen atoms in total. The zero-order valence-corrected chi connectivity index (χ0v) is 11.8. The maximum Gasteiger partial charge on any atom is 0.239 e. The Balaban J connectivity index is 1.68. The van der Waals surface area contributed by atoms with E-state index in [1.807, 2.05) is 30.3 Å². The van der Waals surface area contributed by atoms with Gasteiger partial charge in [0, 0.05) is 17.5 Å². The van der Waals surface area contributed by atoms with Gasteiger partial charge in [-0.2, -0.15) is 0 Å². The second kappa shape index (κ2) is 6.10. The molecule has 1 aliphatic carbocycles. The van der Waals surface area contributed by atoms with E-state index in [-0.39, 0.29) is 19.1 Å². The lowest BCUT2D eigenvalue weighted by Crippen LogP contribution is -2.31. The van der Waals surface area contributed by atoms with Gasteiger partial charge in [0.2, 0.25) is 5.91 Å². The molecule has 1 fully saturated rings. The fourth-order valence-corrected chi connectivity index (χ4v) is 2.24. The molecule has 3 rings (SSSR count). The highest BCUT2D eigenvalue weighted by Gasteiger charge is 2.21. The molecule has 1 aromatic heterocycles. The Hall–Kier alpha value is -2.14. The van der Waals surface area contributed by atoms with Crippen molar-refractivity contribution in [1.82, 2.24) is 10.3 Å². The third-order valence-electron chi connectivity index (χ3n) is 3.67. The summed E-state index contributed by atoms with van der Waals surface area (Å²) in [6.07, 6.45) is 2.43. The van der Waals surface area contributed by atoms with Gasteiger partial charge in [0.15, 0.2) is 0 Å². The molecule has 1 aromatic carbocycles. The molecule has 2 aromatic rings. The predicted octanol–water partition coefficient (Wildman–Crippen LogP) is 1.67. The smallest absolute Gasteiger partial charge is 0.239 e. The van der Waals surface area contributed by atoms with E-state index < -0.39 is 0 Å². The van der Waals surface area contributed by atoms with Crippen LogP contribution in [0, 0.1) is 5.92 Å². The second-order valence-corrected chi connectivity index (χ2v) is 5.45. The second-order valence-electron chi connectivity index (χ2n) is 5.45. The van der Waals surface area contributed by atoms with Gasteiger partial charge in [0.25, 0.3) is 0 Å². The number of aromatic nitrogens is 1. The van der Waals surface area contributed by atoms with Gasteiger partial charge in [-0.05, 0) is 30.9 Å². The summed E-state index contributed by atoms with van der Waals surface area (Å²) in [5.41, 5.74) is 1.54. The SMILES string of the molecule is O=C(CNc1nc2ccccc2cc1CO)NCC1CC1. The first kappa shape index (κ1) is 13.8. The Morgan fingerprint density at radius 2 is 2.14 bits per heavy atom. The predicted molar refractivity (Wildman–Crippen MR) is 81.9 cm³/mol. The quantitative estimate of drug-likeness (QED) is 0.754. The van der Waals surface area contributed by atoms with Crippen LogP contribution < -0.4 is 10.6 Å². The van der Waals surface area contributed by atoms with E-state index in [0.29, 0.717) is 17.3 Å². The van der Waals surface area contributed by atoms with Gasteiger partial charge < -0.3 is 15.7 Å². The highest BCUT2D eigenvalue weighted by atomic mass is 16.3. The lowest BCUT2D eigenvalue weighted by molar-refractivity contribution is -0.119. The van der Waals surface area contributed by atoms with Gasteiger partial charge in [-0.15, -0.1) is 0 Å². The summed E-state index contributed by atoms with van der Waals surface area (Å²) in [5, 5.41) is 16.3. The number of carbonyl (C=O) groups is 1. The van der Waals surface area contributed by atoms with Gasteiger partial charge in [-0.25, -0.2) is 4.98 Å². The van der Waals surface area contributed by atoms with E-state index in [0.717, 1.165) is 17.4 Å². The molecule has 1 amide bonds. The Kier molecular flexibility index (Phi) is 4.01. The Morgan fingerprint density at radius 1 is 1.33 bits per heavy atom. The van der Waals surface area contributed by atoms with E-state index in [1.165, 1.54) is 12.8 Å². The summed E-state index contributed by atoms with van der Waals surface area (Å²) in [6, 6.07) is 9.61. The number of fused-ring (bicyclic) bond motifs is 1. The van der Waals surface area contributed by atoms with Crippen LogP contribution in [0.2, 0.25) is 0 Å². The van der Waals surface area contributed by atoms with Crippen LogP contribution in [0.15, 0.2) is 30.3 Å². The van der Waals surface area contributed by atoms with Crippen molar-refractivity contribution in [3.63, 3.8) is 0 Å². The van der Waals surface area contributed by atoms with Crippen molar-refractivity contribution in [3.8, 4) is 0 Å². The first-order chi connectivity index (χ1) is 10.3. The molecule has 21 heavy (non-hydrogen) atoms. The number of nitrogens with one attached hydrogen (secondary N) is 2. The first-order valence-electron chi connectivity index (χ1n) is 7.26. The third kappa shape index (κ3) is 3.49. The Labute approximate surface area is 123 Å². The van der Waals surface area contributed by atoms with Crippen molar-refractivity contribution in [1.29, 1.82) is 0 Å². The van der Waals surface area contributed by atoms with Gasteiger partial charge >= 0.3 is 0 Å². The van der Waals surface area contributed by atoms with Crippen LogP contribution in [-0.4, -0.2) is 29.1 Å². The molecule has 1 saturated carbocycles. The van der Waals surface area contributed by atoms with Crippen molar-refractivity contribution in [2.45, 2.75) is 19.4 Å². The molecular weight excluding hydrogens is 266 g/mol. The average molecular weight is 285 g/mol. The molecule has 5 heteroatoms. The average Bonchev–Trinajstić information content (AvgIpc) is 3.34. The Morgan fingerprint density at radius 3 is 2.90 bits per heavy atom. The largest absolute Gasteiger partial charge is 0.392 e. The minimum Gasteiger partial charge on any atom is -0.392 e. The van der Waals surface area contributed by atoms with Crippen molar-refractivity contribution >= 4 is 22.6 Å². The zero-order valence-electron chi connectivity index (χ0n) is 11.8. The number of rotatable bonds is 6. The minimum atomic E-state index is -0.107. The molecule has 1 heterocycles. The van der Waals surface area contributed by atoms with Gasteiger partial charge in [-0.3, -0.25) is 4.79 Å². The van der Waals surface area contributed by atoms with Crippen LogP contribution in [0.5, 0.6) is 0 Å². The van der Waals surface area contributed by atoms with E-state index in [4.69, 9.17) is 0 Å². The van der Waals surface area contributed by atoms with Crippen molar-refractivity contribution in [3.05, 3.63) is 35.9 Å². The van der Waals surface area contributed by atoms with Crippen LogP contribution >= 0.6 is 0 Å². The van der Waals surface area contributed by atoms with Crippen molar-refractivity contribution < 1.29 is 9.90 Å². The molecule has 3 N–H and O–H groups in total. The Bertz CT molecular complexity index is 653. The molecule has 0 atom stereocenters. The number of hydrogen-bond acceptors (Lipinski definition) is 4. The maximum atomic E-state index is 11.7. The van der Waals surface area contributed by atoms with Gasteiger partial charge in [-0.1, -0.05) is 18.2 Å². The first-order valence-corrected chi connectivity index (χ1v) is 7.26. The summed E-state index contributed by atoms with van der Waals surface area (Å²) < 4.78 is 0. The summed E-state index contributed by atoms with van der Waals surface area (Å²) in [7, 11) is 0. The molecule has 1 aliphatic rings. The number of amides is 1. The molecule has 0 unspecified atom stereocenters.